The summed E-state index contributed by atoms with van der Waals surface area (Å²) in [6.07, 6.45) is -2.79. The van der Waals surface area contributed by atoms with Gasteiger partial charge in [0.15, 0.2) is 0 Å². The van der Waals surface area contributed by atoms with Crippen LogP contribution in [0.3, 0.4) is 0 Å². The Bertz CT molecular complexity index is 1080. The molecule has 3 aromatic carbocycles. The number of benzene rings is 3. The summed E-state index contributed by atoms with van der Waals surface area (Å²) in [4.78, 5) is 8.54. The van der Waals surface area contributed by atoms with Crippen LogP contribution in [0.25, 0.3) is 22.0 Å². The third-order valence-corrected chi connectivity index (χ3v) is 4.50. The first-order valence-corrected chi connectivity index (χ1v) is 8.71. The fraction of sp³-hybridized carbons (Fsp3) is 0.0909. The summed E-state index contributed by atoms with van der Waals surface area (Å²) in [6, 6.07) is 20.6. The zero-order valence-electron chi connectivity index (χ0n) is 14.7. The molecular formula is C22H16F3N3. The Labute approximate surface area is 159 Å². The molecule has 4 aromatic rings. The topological polar surface area (TPSA) is 37.8 Å². The number of halogens is 3. The maximum Gasteiger partial charge on any atom is 0.416 e. The van der Waals surface area contributed by atoms with E-state index in [0.29, 0.717) is 6.54 Å². The molecule has 0 spiro atoms. The molecule has 0 amide bonds. The van der Waals surface area contributed by atoms with Gasteiger partial charge in [0.05, 0.1) is 11.1 Å². The molecule has 0 fully saturated rings. The minimum Gasteiger partial charge on any atom is -0.365 e. The minimum absolute atomic E-state index is 0.578. The van der Waals surface area contributed by atoms with E-state index in [1.54, 1.807) is 0 Å². The molecule has 0 bridgehead atoms. The van der Waals surface area contributed by atoms with Gasteiger partial charge in [-0.1, -0.05) is 48.5 Å². The zero-order valence-corrected chi connectivity index (χ0v) is 14.7. The lowest BCUT2D eigenvalue weighted by Gasteiger charge is -2.10. The molecule has 0 atom stereocenters. The van der Waals surface area contributed by atoms with Gasteiger partial charge >= 0.3 is 6.18 Å². The summed E-state index contributed by atoms with van der Waals surface area (Å²) in [5, 5.41) is 4.26. The van der Waals surface area contributed by atoms with E-state index in [1.165, 1.54) is 18.5 Å². The Morgan fingerprint density at radius 2 is 1.39 bits per heavy atom. The normalized spacial score (nSPS) is 11.5. The van der Waals surface area contributed by atoms with Crippen molar-refractivity contribution in [3.8, 4) is 11.1 Å². The molecule has 0 saturated carbocycles. The predicted molar refractivity (Wildman–Crippen MR) is 104 cm³/mol. The quantitative estimate of drug-likeness (QED) is 0.478. The highest BCUT2D eigenvalue weighted by molar-refractivity contribution is 5.88. The average Bonchev–Trinajstić information content (AvgIpc) is 2.72. The molecule has 3 nitrogen and oxygen atoms in total. The predicted octanol–water partition coefficient (Wildman–Crippen LogP) is 5.93. The molecule has 0 saturated heterocycles. The molecule has 140 valence electrons. The van der Waals surface area contributed by atoms with Gasteiger partial charge in [-0.3, -0.25) is 0 Å². The van der Waals surface area contributed by atoms with Crippen molar-refractivity contribution in [2.45, 2.75) is 12.7 Å². The van der Waals surface area contributed by atoms with Gasteiger partial charge in [-0.05, 0) is 41.0 Å². The summed E-state index contributed by atoms with van der Waals surface area (Å²) >= 11 is 0. The minimum atomic E-state index is -4.32. The number of hydrogen-bond donors (Lipinski definition) is 1. The van der Waals surface area contributed by atoms with Crippen molar-refractivity contribution in [2.24, 2.45) is 0 Å². The molecule has 0 aliphatic heterocycles. The molecule has 0 unspecified atom stereocenters. The van der Waals surface area contributed by atoms with Crippen molar-refractivity contribution >= 4 is 16.7 Å². The molecular weight excluding hydrogens is 363 g/mol. The van der Waals surface area contributed by atoms with E-state index in [4.69, 9.17) is 0 Å². The standard InChI is InChI=1S/C22H16F3N3/c23-22(24,25)18-11-9-17(10-12-18)16-7-5-15(6-8-16)13-26-21-19-3-1-2-4-20(19)27-14-28-21/h1-12,14H,13H2,(H,26,27,28). The Balaban J connectivity index is 1.47. The van der Waals surface area contributed by atoms with E-state index in [9.17, 15) is 13.2 Å². The molecule has 28 heavy (non-hydrogen) atoms. The second-order valence-electron chi connectivity index (χ2n) is 6.37. The molecule has 6 heteroatoms. The summed E-state index contributed by atoms with van der Waals surface area (Å²) in [5.74, 6) is 0.761. The molecule has 0 aliphatic rings. The number of nitrogens with one attached hydrogen (secondary N) is 1. The van der Waals surface area contributed by atoms with Crippen LogP contribution in [0, 0.1) is 0 Å². The Hall–Kier alpha value is -3.41. The zero-order chi connectivity index (χ0) is 19.6. The van der Waals surface area contributed by atoms with E-state index in [-0.39, 0.29) is 0 Å². The largest absolute Gasteiger partial charge is 0.416 e. The first kappa shape index (κ1) is 18.0. The van der Waals surface area contributed by atoms with Gasteiger partial charge in [0.25, 0.3) is 0 Å². The smallest absolute Gasteiger partial charge is 0.365 e. The van der Waals surface area contributed by atoms with Gasteiger partial charge in [-0.15, -0.1) is 0 Å². The molecule has 0 radical (unpaired) electrons. The molecule has 1 aromatic heterocycles. The molecule has 0 aliphatic carbocycles. The van der Waals surface area contributed by atoms with Crippen LogP contribution < -0.4 is 5.32 Å². The van der Waals surface area contributed by atoms with Gasteiger partial charge in [-0.25, -0.2) is 9.97 Å². The van der Waals surface area contributed by atoms with Crippen molar-refractivity contribution in [1.29, 1.82) is 0 Å². The summed E-state index contributed by atoms with van der Waals surface area (Å²) in [7, 11) is 0. The molecule has 1 N–H and O–H groups in total. The molecule has 4 rings (SSSR count). The molecule has 1 heterocycles. The van der Waals surface area contributed by atoms with Gasteiger partial charge in [0, 0.05) is 11.9 Å². The summed E-state index contributed by atoms with van der Waals surface area (Å²) in [6.45, 7) is 0.578. The van der Waals surface area contributed by atoms with E-state index in [2.05, 4.69) is 15.3 Å². The van der Waals surface area contributed by atoms with Gasteiger partial charge in [-0.2, -0.15) is 13.2 Å². The van der Waals surface area contributed by atoms with Crippen molar-refractivity contribution in [3.05, 3.63) is 90.3 Å². The maximum absolute atomic E-state index is 12.7. The lowest BCUT2D eigenvalue weighted by molar-refractivity contribution is -0.137. The Kier molecular flexibility index (Phi) is 4.69. The van der Waals surface area contributed by atoms with Gasteiger partial charge < -0.3 is 5.32 Å². The van der Waals surface area contributed by atoms with Crippen molar-refractivity contribution in [1.82, 2.24) is 9.97 Å². The van der Waals surface area contributed by atoms with Crippen LogP contribution in [0.4, 0.5) is 19.0 Å². The number of anilines is 1. The number of hydrogen-bond acceptors (Lipinski definition) is 3. The van der Waals surface area contributed by atoms with Crippen LogP contribution in [0.5, 0.6) is 0 Å². The monoisotopic (exact) mass is 379 g/mol. The van der Waals surface area contributed by atoms with Gasteiger partial charge in [0.1, 0.15) is 12.1 Å². The number of fused-ring (bicyclic) bond motifs is 1. The van der Waals surface area contributed by atoms with Crippen LogP contribution in [0.1, 0.15) is 11.1 Å². The fourth-order valence-corrected chi connectivity index (χ4v) is 3.00. The van der Waals surface area contributed by atoms with Gasteiger partial charge in [0.2, 0.25) is 0 Å². The fourth-order valence-electron chi connectivity index (χ4n) is 3.00. The van der Waals surface area contributed by atoms with Crippen LogP contribution in [0.2, 0.25) is 0 Å². The number of nitrogens with zero attached hydrogens (tertiary/aromatic N) is 2. The van der Waals surface area contributed by atoms with Crippen LogP contribution >= 0.6 is 0 Å². The number of aromatic nitrogens is 2. The van der Waals surface area contributed by atoms with E-state index < -0.39 is 11.7 Å². The average molecular weight is 379 g/mol. The van der Waals surface area contributed by atoms with Crippen LogP contribution in [0.15, 0.2) is 79.1 Å². The summed E-state index contributed by atoms with van der Waals surface area (Å²) < 4.78 is 38.0. The van der Waals surface area contributed by atoms with E-state index >= 15 is 0 Å². The number of alkyl halides is 3. The second-order valence-corrected chi connectivity index (χ2v) is 6.37. The Morgan fingerprint density at radius 1 is 0.750 bits per heavy atom. The van der Waals surface area contributed by atoms with E-state index in [0.717, 1.165) is 45.5 Å². The highest BCUT2D eigenvalue weighted by atomic mass is 19.4. The second kappa shape index (κ2) is 7.31. The SMILES string of the molecule is FC(F)(F)c1ccc(-c2ccc(CNc3ncnc4ccccc34)cc2)cc1. The lowest BCUT2D eigenvalue weighted by atomic mass is 10.0. The third kappa shape index (κ3) is 3.81. The van der Waals surface area contributed by atoms with Crippen molar-refractivity contribution in [3.63, 3.8) is 0 Å². The lowest BCUT2D eigenvalue weighted by Crippen LogP contribution is -2.04. The number of para-hydroxylation sites is 1. The van der Waals surface area contributed by atoms with E-state index in [1.807, 2.05) is 48.5 Å². The van der Waals surface area contributed by atoms with Crippen molar-refractivity contribution in [2.75, 3.05) is 5.32 Å². The highest BCUT2D eigenvalue weighted by Crippen LogP contribution is 2.31. The first-order valence-electron chi connectivity index (χ1n) is 8.71. The van der Waals surface area contributed by atoms with Crippen LogP contribution in [-0.2, 0) is 12.7 Å². The maximum atomic E-state index is 12.7. The third-order valence-electron chi connectivity index (χ3n) is 4.50. The number of rotatable bonds is 4. The Morgan fingerprint density at radius 3 is 2.07 bits per heavy atom. The highest BCUT2D eigenvalue weighted by Gasteiger charge is 2.29. The van der Waals surface area contributed by atoms with Crippen molar-refractivity contribution < 1.29 is 13.2 Å². The first-order chi connectivity index (χ1) is 13.5. The van der Waals surface area contributed by atoms with Crippen LogP contribution in [-0.4, -0.2) is 9.97 Å². The summed E-state index contributed by atoms with van der Waals surface area (Å²) in [5.41, 5.74) is 2.88.